The van der Waals surface area contributed by atoms with Crippen molar-refractivity contribution in [3.63, 3.8) is 0 Å². The first-order valence-electron chi connectivity index (χ1n) is 10.8. The molecule has 2 aromatic rings. The van der Waals surface area contributed by atoms with Crippen molar-refractivity contribution in [2.45, 2.75) is 64.6 Å². The summed E-state index contributed by atoms with van der Waals surface area (Å²) in [7, 11) is 0. The SMILES string of the molecule is Cc1ccc(C=C(NC(=O)c2ccccc2)C(=O)NC2CC(C)(C)NC(C)(C)C2)cc1. The highest BCUT2D eigenvalue weighted by atomic mass is 16.2. The number of nitrogens with one attached hydrogen (secondary N) is 3. The number of carbonyl (C=O) groups excluding carboxylic acids is 2. The zero-order chi connectivity index (χ0) is 22.6. The van der Waals surface area contributed by atoms with E-state index < -0.39 is 0 Å². The van der Waals surface area contributed by atoms with E-state index in [9.17, 15) is 9.59 Å². The molecular weight excluding hydrogens is 386 g/mol. The third kappa shape index (κ3) is 6.53. The van der Waals surface area contributed by atoms with E-state index in [-0.39, 0.29) is 34.6 Å². The van der Waals surface area contributed by atoms with E-state index in [0.717, 1.165) is 24.0 Å². The van der Waals surface area contributed by atoms with Crippen LogP contribution in [0.1, 0.15) is 62.0 Å². The Labute approximate surface area is 185 Å². The fourth-order valence-electron chi connectivity index (χ4n) is 4.46. The Balaban J connectivity index is 1.83. The minimum atomic E-state index is -0.305. The summed E-state index contributed by atoms with van der Waals surface area (Å²) in [6.45, 7) is 10.6. The predicted octanol–water partition coefficient (Wildman–Crippen LogP) is 4.19. The molecule has 1 aliphatic rings. The summed E-state index contributed by atoms with van der Waals surface area (Å²) < 4.78 is 0. The summed E-state index contributed by atoms with van der Waals surface area (Å²) in [6.07, 6.45) is 3.35. The number of aryl methyl sites for hydroxylation is 1. The molecule has 1 fully saturated rings. The first kappa shape index (κ1) is 22.8. The molecular formula is C26H33N3O2. The van der Waals surface area contributed by atoms with Crippen molar-refractivity contribution in [2.75, 3.05) is 0 Å². The highest BCUT2D eigenvalue weighted by Gasteiger charge is 2.38. The maximum atomic E-state index is 13.3. The van der Waals surface area contributed by atoms with Gasteiger partial charge in [0.15, 0.2) is 0 Å². The molecule has 5 nitrogen and oxygen atoms in total. The summed E-state index contributed by atoms with van der Waals surface area (Å²) in [4.78, 5) is 26.0. The number of hydrogen-bond acceptors (Lipinski definition) is 3. The van der Waals surface area contributed by atoms with E-state index in [4.69, 9.17) is 0 Å². The maximum absolute atomic E-state index is 13.3. The smallest absolute Gasteiger partial charge is 0.268 e. The third-order valence-electron chi connectivity index (χ3n) is 5.44. The van der Waals surface area contributed by atoms with Gasteiger partial charge < -0.3 is 16.0 Å². The molecule has 1 saturated heterocycles. The second-order valence-electron chi connectivity index (χ2n) is 9.76. The van der Waals surface area contributed by atoms with E-state index >= 15 is 0 Å². The number of hydrogen-bond donors (Lipinski definition) is 3. The van der Waals surface area contributed by atoms with Crippen molar-refractivity contribution < 1.29 is 9.59 Å². The third-order valence-corrected chi connectivity index (χ3v) is 5.44. The minimum absolute atomic E-state index is 0.00814. The fraction of sp³-hybridized carbons (Fsp3) is 0.385. The molecule has 3 N–H and O–H groups in total. The van der Waals surface area contributed by atoms with Gasteiger partial charge in [0.1, 0.15) is 5.70 Å². The van der Waals surface area contributed by atoms with Gasteiger partial charge in [0.2, 0.25) is 0 Å². The summed E-state index contributed by atoms with van der Waals surface area (Å²) in [5, 5.41) is 9.61. The molecule has 0 unspecified atom stereocenters. The van der Waals surface area contributed by atoms with Crippen molar-refractivity contribution in [1.82, 2.24) is 16.0 Å². The molecule has 1 heterocycles. The number of rotatable bonds is 5. The van der Waals surface area contributed by atoms with Gasteiger partial charge in [-0.25, -0.2) is 0 Å². The Kier molecular flexibility index (Phi) is 6.65. The largest absolute Gasteiger partial charge is 0.348 e. The molecule has 1 aliphatic heterocycles. The van der Waals surface area contributed by atoms with Crippen LogP contribution in [0.2, 0.25) is 0 Å². The monoisotopic (exact) mass is 419 g/mol. The molecule has 0 atom stereocenters. The Morgan fingerprint density at radius 2 is 1.52 bits per heavy atom. The van der Waals surface area contributed by atoms with Crippen LogP contribution in [0.3, 0.4) is 0 Å². The lowest BCUT2D eigenvalue weighted by molar-refractivity contribution is -0.118. The number of amides is 2. The minimum Gasteiger partial charge on any atom is -0.348 e. The van der Waals surface area contributed by atoms with Crippen LogP contribution in [0.15, 0.2) is 60.3 Å². The van der Waals surface area contributed by atoms with Gasteiger partial charge in [-0.15, -0.1) is 0 Å². The molecule has 0 bridgehead atoms. The molecule has 31 heavy (non-hydrogen) atoms. The van der Waals surface area contributed by atoms with E-state index in [1.54, 1.807) is 30.3 Å². The highest BCUT2D eigenvalue weighted by Crippen LogP contribution is 2.28. The Morgan fingerprint density at radius 3 is 2.10 bits per heavy atom. The molecule has 3 rings (SSSR count). The molecule has 0 radical (unpaired) electrons. The summed E-state index contributed by atoms with van der Waals surface area (Å²) >= 11 is 0. The first-order chi connectivity index (χ1) is 14.5. The Morgan fingerprint density at radius 1 is 0.935 bits per heavy atom. The number of benzene rings is 2. The normalized spacial score (nSPS) is 18.3. The number of piperidine rings is 1. The Bertz CT molecular complexity index is 944. The first-order valence-corrected chi connectivity index (χ1v) is 10.8. The summed E-state index contributed by atoms with van der Waals surface area (Å²) in [5.74, 6) is -0.580. The van der Waals surface area contributed by atoms with Gasteiger partial charge >= 0.3 is 0 Å². The van der Waals surface area contributed by atoms with Crippen LogP contribution in [0.5, 0.6) is 0 Å². The van der Waals surface area contributed by atoms with Crippen molar-refractivity contribution in [2.24, 2.45) is 0 Å². The average molecular weight is 420 g/mol. The lowest BCUT2D eigenvalue weighted by Gasteiger charge is -2.46. The van der Waals surface area contributed by atoms with Gasteiger partial charge in [0, 0.05) is 22.7 Å². The summed E-state index contributed by atoms with van der Waals surface area (Å²) in [5.41, 5.74) is 2.56. The van der Waals surface area contributed by atoms with Crippen LogP contribution in [0.4, 0.5) is 0 Å². The topological polar surface area (TPSA) is 70.2 Å². The zero-order valence-electron chi connectivity index (χ0n) is 19.1. The molecule has 0 aliphatic carbocycles. The highest BCUT2D eigenvalue weighted by molar-refractivity contribution is 6.05. The molecule has 2 amide bonds. The van der Waals surface area contributed by atoms with Crippen LogP contribution >= 0.6 is 0 Å². The van der Waals surface area contributed by atoms with Crippen LogP contribution in [0.25, 0.3) is 6.08 Å². The van der Waals surface area contributed by atoms with E-state index in [2.05, 4.69) is 43.6 Å². The Hall–Kier alpha value is -2.92. The second-order valence-corrected chi connectivity index (χ2v) is 9.76. The zero-order valence-corrected chi connectivity index (χ0v) is 19.1. The van der Waals surface area contributed by atoms with Crippen molar-refractivity contribution in [1.29, 1.82) is 0 Å². The van der Waals surface area contributed by atoms with Crippen LogP contribution in [-0.4, -0.2) is 28.9 Å². The molecule has 0 aromatic heterocycles. The summed E-state index contributed by atoms with van der Waals surface area (Å²) in [6, 6.07) is 16.8. The van der Waals surface area contributed by atoms with Gasteiger partial charge in [-0.05, 0) is 71.2 Å². The van der Waals surface area contributed by atoms with Crippen LogP contribution in [0, 0.1) is 6.92 Å². The molecule has 5 heteroatoms. The van der Waals surface area contributed by atoms with E-state index in [0.29, 0.717) is 5.56 Å². The number of carbonyl (C=O) groups is 2. The van der Waals surface area contributed by atoms with Crippen molar-refractivity contribution in [3.8, 4) is 0 Å². The maximum Gasteiger partial charge on any atom is 0.268 e. The average Bonchev–Trinajstić information content (AvgIpc) is 2.67. The van der Waals surface area contributed by atoms with Gasteiger partial charge in [-0.1, -0.05) is 48.0 Å². The van der Waals surface area contributed by atoms with Gasteiger partial charge in [-0.3, -0.25) is 9.59 Å². The van der Waals surface area contributed by atoms with Gasteiger partial charge in [-0.2, -0.15) is 0 Å². The molecule has 0 spiro atoms. The van der Waals surface area contributed by atoms with E-state index in [1.807, 2.05) is 37.3 Å². The molecule has 0 saturated carbocycles. The van der Waals surface area contributed by atoms with Crippen LogP contribution < -0.4 is 16.0 Å². The van der Waals surface area contributed by atoms with Gasteiger partial charge in [0.25, 0.3) is 11.8 Å². The molecule has 2 aromatic carbocycles. The fourth-order valence-corrected chi connectivity index (χ4v) is 4.46. The lowest BCUT2D eigenvalue weighted by atomic mass is 9.79. The van der Waals surface area contributed by atoms with Crippen molar-refractivity contribution >= 4 is 17.9 Å². The molecule has 164 valence electrons. The second kappa shape index (κ2) is 9.06. The van der Waals surface area contributed by atoms with Gasteiger partial charge in [0.05, 0.1) is 0 Å². The lowest BCUT2D eigenvalue weighted by Crippen LogP contribution is -2.62. The van der Waals surface area contributed by atoms with Crippen molar-refractivity contribution in [3.05, 3.63) is 77.0 Å². The quantitative estimate of drug-likeness (QED) is 0.637. The standard InChI is InChI=1S/C26H33N3O2/c1-18-11-13-19(14-12-18)15-22(28-23(30)20-9-7-6-8-10-20)24(31)27-21-16-25(2,3)29-26(4,5)17-21/h6-15,21,29H,16-17H2,1-5H3,(H,27,31)(H,28,30). The van der Waals surface area contributed by atoms with E-state index in [1.165, 1.54) is 0 Å². The van der Waals surface area contributed by atoms with Crippen LogP contribution in [-0.2, 0) is 4.79 Å². The predicted molar refractivity (Wildman–Crippen MR) is 126 cm³/mol.